The van der Waals surface area contributed by atoms with E-state index in [-0.39, 0.29) is 4.90 Å². The van der Waals surface area contributed by atoms with Crippen molar-refractivity contribution in [3.8, 4) is 5.69 Å². The third-order valence-corrected chi connectivity index (χ3v) is 5.76. The molecule has 1 aromatic heterocycles. The van der Waals surface area contributed by atoms with Crippen molar-refractivity contribution in [3.63, 3.8) is 0 Å². The summed E-state index contributed by atoms with van der Waals surface area (Å²) in [4.78, 5) is 4.26. The van der Waals surface area contributed by atoms with E-state index in [1.807, 2.05) is 42.2 Å². The number of anilines is 2. The number of nitrogens with zero attached hydrogens (tertiary/aromatic N) is 6. The van der Waals surface area contributed by atoms with Gasteiger partial charge in [-0.05, 0) is 41.6 Å². The molecule has 2 heterocycles. The topological polar surface area (TPSA) is 110 Å². The Morgan fingerprint density at radius 2 is 1.57 bits per heavy atom. The number of tetrazole rings is 1. The van der Waals surface area contributed by atoms with Crippen LogP contribution >= 0.6 is 0 Å². The van der Waals surface area contributed by atoms with Gasteiger partial charge in [0.25, 0.3) is 0 Å². The molecular formula is C18H21N7O2S. The highest BCUT2D eigenvalue weighted by Gasteiger charge is 2.25. The van der Waals surface area contributed by atoms with Gasteiger partial charge in [0, 0.05) is 26.2 Å². The first-order valence-corrected chi connectivity index (χ1v) is 10.5. The van der Waals surface area contributed by atoms with Crippen molar-refractivity contribution in [2.75, 3.05) is 36.0 Å². The predicted molar refractivity (Wildman–Crippen MR) is 106 cm³/mol. The second-order valence-corrected chi connectivity index (χ2v) is 8.24. The number of hydrogen-bond acceptors (Lipinski definition) is 7. The van der Waals surface area contributed by atoms with E-state index in [1.165, 1.54) is 11.6 Å². The summed E-state index contributed by atoms with van der Waals surface area (Å²) in [5.74, 6) is 0.670. The van der Waals surface area contributed by atoms with E-state index in [2.05, 4.69) is 20.4 Å². The molecule has 0 unspecified atom stereocenters. The lowest BCUT2D eigenvalue weighted by Gasteiger charge is -2.36. The van der Waals surface area contributed by atoms with Crippen molar-refractivity contribution < 1.29 is 8.42 Å². The zero-order chi connectivity index (χ0) is 19.7. The molecule has 1 aliphatic rings. The van der Waals surface area contributed by atoms with Gasteiger partial charge >= 0.3 is 0 Å². The number of benzene rings is 2. The maximum Gasteiger partial charge on any atom is 0.250 e. The van der Waals surface area contributed by atoms with Gasteiger partial charge in [0.1, 0.15) is 4.90 Å². The van der Waals surface area contributed by atoms with Crippen LogP contribution < -0.4 is 14.9 Å². The normalized spacial score (nSPS) is 15.1. The fourth-order valence-electron chi connectivity index (χ4n) is 3.34. The molecule has 1 saturated heterocycles. The van der Waals surface area contributed by atoms with Crippen LogP contribution in [0.1, 0.15) is 5.56 Å². The molecule has 0 amide bonds. The van der Waals surface area contributed by atoms with E-state index in [4.69, 9.17) is 5.14 Å². The van der Waals surface area contributed by atoms with Gasteiger partial charge in [0.05, 0.1) is 11.4 Å². The fraction of sp³-hybridized carbons (Fsp3) is 0.278. The van der Waals surface area contributed by atoms with Gasteiger partial charge < -0.3 is 9.80 Å². The van der Waals surface area contributed by atoms with Crippen molar-refractivity contribution in [2.45, 2.75) is 11.8 Å². The van der Waals surface area contributed by atoms with E-state index in [0.29, 0.717) is 37.8 Å². The van der Waals surface area contributed by atoms with Gasteiger partial charge in [-0.15, -0.1) is 0 Å². The van der Waals surface area contributed by atoms with Crippen LogP contribution in [0.5, 0.6) is 0 Å². The molecule has 0 atom stereocenters. The third-order valence-electron chi connectivity index (χ3n) is 4.81. The molecule has 1 aliphatic heterocycles. The molecule has 28 heavy (non-hydrogen) atoms. The number of rotatable bonds is 4. The average Bonchev–Trinajstić information content (AvgIpc) is 3.18. The smallest absolute Gasteiger partial charge is 0.250 e. The Morgan fingerprint density at radius 1 is 0.929 bits per heavy atom. The highest BCUT2D eigenvalue weighted by Crippen LogP contribution is 2.26. The van der Waals surface area contributed by atoms with E-state index < -0.39 is 10.0 Å². The van der Waals surface area contributed by atoms with Crippen LogP contribution in [0.25, 0.3) is 5.69 Å². The molecule has 1 fully saturated rings. The maximum atomic E-state index is 11.9. The Hall–Kier alpha value is -2.98. The number of hydrogen-bond donors (Lipinski definition) is 1. The number of nitrogens with two attached hydrogens (primary N) is 1. The van der Waals surface area contributed by atoms with E-state index in [0.717, 1.165) is 5.69 Å². The fourth-order valence-corrected chi connectivity index (χ4v) is 4.10. The highest BCUT2D eigenvalue weighted by molar-refractivity contribution is 7.89. The van der Waals surface area contributed by atoms with E-state index in [9.17, 15) is 8.42 Å². The molecule has 146 valence electrons. The molecule has 0 radical (unpaired) electrons. The molecule has 0 aliphatic carbocycles. The Labute approximate surface area is 163 Å². The van der Waals surface area contributed by atoms with E-state index in [1.54, 1.807) is 16.8 Å². The molecule has 4 rings (SSSR count). The van der Waals surface area contributed by atoms with Gasteiger partial charge in [0.2, 0.25) is 16.0 Å². The standard InChI is InChI=1S/C18H21N7O2S/c1-14-6-8-15(9-7-14)25-18(20-21-22-25)24-12-10-23(11-13-24)16-4-2-3-5-17(16)28(19,26)27/h2-9H,10-13H2,1H3,(H2,19,26,27). The lowest BCUT2D eigenvalue weighted by atomic mass is 10.2. The quantitative estimate of drug-likeness (QED) is 0.695. The molecule has 0 bridgehead atoms. The molecule has 0 saturated carbocycles. The molecule has 0 spiro atoms. The third kappa shape index (κ3) is 3.56. The van der Waals surface area contributed by atoms with Gasteiger partial charge in [0.15, 0.2) is 0 Å². The summed E-state index contributed by atoms with van der Waals surface area (Å²) in [5, 5.41) is 17.5. The first kappa shape index (κ1) is 18.4. The molecular weight excluding hydrogens is 378 g/mol. The first-order chi connectivity index (χ1) is 13.4. The number of piperazine rings is 1. The minimum atomic E-state index is -3.78. The Morgan fingerprint density at radius 3 is 2.25 bits per heavy atom. The van der Waals surface area contributed by atoms with Crippen LogP contribution in [0, 0.1) is 6.92 Å². The van der Waals surface area contributed by atoms with Crippen LogP contribution in [0.3, 0.4) is 0 Å². The molecule has 2 N–H and O–H groups in total. The van der Waals surface area contributed by atoms with Crippen LogP contribution in [0.4, 0.5) is 11.6 Å². The molecule has 2 aromatic carbocycles. The molecule has 3 aromatic rings. The monoisotopic (exact) mass is 399 g/mol. The van der Waals surface area contributed by atoms with Crippen molar-refractivity contribution in [3.05, 3.63) is 54.1 Å². The summed E-state index contributed by atoms with van der Waals surface area (Å²) < 4.78 is 25.5. The Bertz CT molecular complexity index is 1070. The van der Waals surface area contributed by atoms with Crippen LogP contribution in [-0.2, 0) is 10.0 Å². The minimum Gasteiger partial charge on any atom is -0.367 e. The Kier molecular flexibility index (Phi) is 4.73. The van der Waals surface area contributed by atoms with Gasteiger partial charge in [-0.1, -0.05) is 34.9 Å². The van der Waals surface area contributed by atoms with Crippen LogP contribution in [0.15, 0.2) is 53.4 Å². The lowest BCUT2D eigenvalue weighted by molar-refractivity contribution is 0.594. The lowest BCUT2D eigenvalue weighted by Crippen LogP contribution is -2.47. The summed E-state index contributed by atoms with van der Waals surface area (Å²) in [6.45, 7) is 4.61. The summed E-state index contributed by atoms with van der Waals surface area (Å²) >= 11 is 0. The number of sulfonamides is 1. The largest absolute Gasteiger partial charge is 0.367 e. The van der Waals surface area contributed by atoms with E-state index >= 15 is 0 Å². The minimum absolute atomic E-state index is 0.146. The first-order valence-electron chi connectivity index (χ1n) is 8.90. The second kappa shape index (κ2) is 7.21. The number of aryl methyl sites for hydroxylation is 1. The van der Waals surface area contributed by atoms with Crippen molar-refractivity contribution in [2.24, 2.45) is 5.14 Å². The highest BCUT2D eigenvalue weighted by atomic mass is 32.2. The molecule has 9 nitrogen and oxygen atoms in total. The van der Waals surface area contributed by atoms with Crippen molar-refractivity contribution in [1.82, 2.24) is 20.2 Å². The van der Waals surface area contributed by atoms with Gasteiger partial charge in [-0.3, -0.25) is 0 Å². The van der Waals surface area contributed by atoms with Gasteiger partial charge in [-0.25, -0.2) is 13.6 Å². The number of aromatic nitrogens is 4. The Balaban J connectivity index is 1.54. The average molecular weight is 399 g/mol. The molecule has 10 heteroatoms. The summed E-state index contributed by atoms with van der Waals surface area (Å²) in [6.07, 6.45) is 0. The van der Waals surface area contributed by atoms with Crippen LogP contribution in [-0.4, -0.2) is 54.8 Å². The summed E-state index contributed by atoms with van der Waals surface area (Å²) in [7, 11) is -3.78. The number of primary sulfonamides is 1. The summed E-state index contributed by atoms with van der Waals surface area (Å²) in [5.41, 5.74) is 2.69. The number of para-hydroxylation sites is 1. The van der Waals surface area contributed by atoms with Crippen molar-refractivity contribution in [1.29, 1.82) is 0 Å². The van der Waals surface area contributed by atoms with Gasteiger partial charge in [-0.2, -0.15) is 4.68 Å². The zero-order valence-electron chi connectivity index (χ0n) is 15.4. The predicted octanol–water partition coefficient (Wildman–Crippen LogP) is 0.945. The summed E-state index contributed by atoms with van der Waals surface area (Å²) in [6, 6.07) is 14.8. The SMILES string of the molecule is Cc1ccc(-n2nnnc2N2CCN(c3ccccc3S(N)(=O)=O)CC2)cc1. The van der Waals surface area contributed by atoms with Crippen molar-refractivity contribution >= 4 is 21.7 Å². The maximum absolute atomic E-state index is 11.9. The van der Waals surface area contributed by atoms with Crippen LogP contribution in [0.2, 0.25) is 0 Å². The zero-order valence-corrected chi connectivity index (χ0v) is 16.2. The second-order valence-electron chi connectivity index (χ2n) is 6.71.